The van der Waals surface area contributed by atoms with Gasteiger partial charge in [0.25, 0.3) is 10.0 Å². The Hall–Kier alpha value is -1.45. The molecule has 0 saturated carbocycles. The number of carboxylic acid groups (broad SMARTS) is 1. The summed E-state index contributed by atoms with van der Waals surface area (Å²) in [5.41, 5.74) is 0. The molecule has 19 heavy (non-hydrogen) atoms. The first-order chi connectivity index (χ1) is 8.84. The second-order valence-corrected chi connectivity index (χ2v) is 6.12. The number of hydrogen-bond acceptors (Lipinski definition) is 5. The number of aromatic nitrogens is 2. The summed E-state index contributed by atoms with van der Waals surface area (Å²) >= 11 is 0. The Morgan fingerprint density at radius 2 is 2.26 bits per heavy atom. The number of aryl methyl sites for hydroxylation is 2. The zero-order valence-corrected chi connectivity index (χ0v) is 11.4. The SMILES string of the molecule is Cc1nc(S(=O)(=O)N2CCOCC2C(=O)O)cn1C. The van der Waals surface area contributed by atoms with Crippen LogP contribution in [0.1, 0.15) is 5.82 Å². The molecule has 9 heteroatoms. The topological polar surface area (TPSA) is 102 Å². The van der Waals surface area contributed by atoms with Gasteiger partial charge in [0.05, 0.1) is 13.2 Å². The molecule has 1 unspecified atom stereocenters. The average Bonchev–Trinajstić information content (AvgIpc) is 2.70. The Morgan fingerprint density at radius 3 is 2.79 bits per heavy atom. The number of rotatable bonds is 3. The van der Waals surface area contributed by atoms with Gasteiger partial charge in [0.1, 0.15) is 11.9 Å². The lowest BCUT2D eigenvalue weighted by Crippen LogP contribution is -2.52. The Kier molecular flexibility index (Phi) is 3.61. The van der Waals surface area contributed by atoms with E-state index in [-0.39, 0.29) is 24.8 Å². The van der Waals surface area contributed by atoms with Gasteiger partial charge >= 0.3 is 5.97 Å². The van der Waals surface area contributed by atoms with Gasteiger partial charge in [-0.3, -0.25) is 4.79 Å². The molecule has 0 aliphatic carbocycles. The van der Waals surface area contributed by atoms with Crippen molar-refractivity contribution >= 4 is 16.0 Å². The minimum atomic E-state index is -3.92. The number of imidazole rings is 1. The van der Waals surface area contributed by atoms with Crippen molar-refractivity contribution in [3.05, 3.63) is 12.0 Å². The predicted octanol–water partition coefficient (Wildman–Crippen LogP) is -0.797. The maximum Gasteiger partial charge on any atom is 0.324 e. The molecule has 1 atom stereocenters. The molecular weight excluding hydrogens is 274 g/mol. The average molecular weight is 289 g/mol. The Labute approximate surface area is 110 Å². The minimum absolute atomic E-state index is 0.00885. The molecule has 2 rings (SSSR count). The van der Waals surface area contributed by atoms with Crippen LogP contribution in [-0.4, -0.2) is 59.2 Å². The predicted molar refractivity (Wildman–Crippen MR) is 64.1 cm³/mol. The van der Waals surface area contributed by atoms with Crippen LogP contribution >= 0.6 is 0 Å². The minimum Gasteiger partial charge on any atom is -0.480 e. The zero-order chi connectivity index (χ0) is 14.2. The number of ether oxygens (including phenoxy) is 1. The highest BCUT2D eigenvalue weighted by Gasteiger charge is 2.39. The maximum absolute atomic E-state index is 12.4. The molecule has 0 radical (unpaired) electrons. The molecule has 0 amide bonds. The Morgan fingerprint density at radius 1 is 1.58 bits per heavy atom. The number of hydrogen-bond donors (Lipinski definition) is 1. The fourth-order valence-corrected chi connectivity index (χ4v) is 3.42. The van der Waals surface area contributed by atoms with Gasteiger partial charge in [0, 0.05) is 19.8 Å². The third kappa shape index (κ3) is 2.48. The van der Waals surface area contributed by atoms with Crippen molar-refractivity contribution in [3.8, 4) is 0 Å². The largest absolute Gasteiger partial charge is 0.480 e. The van der Waals surface area contributed by atoms with Crippen LogP contribution in [0.2, 0.25) is 0 Å². The van der Waals surface area contributed by atoms with Crippen molar-refractivity contribution in [1.29, 1.82) is 0 Å². The summed E-state index contributed by atoms with van der Waals surface area (Å²) in [6.07, 6.45) is 1.37. The summed E-state index contributed by atoms with van der Waals surface area (Å²) in [7, 11) is -2.24. The highest BCUT2D eigenvalue weighted by molar-refractivity contribution is 7.89. The van der Waals surface area contributed by atoms with Gasteiger partial charge in [-0.15, -0.1) is 0 Å². The van der Waals surface area contributed by atoms with Gasteiger partial charge in [-0.25, -0.2) is 13.4 Å². The second-order valence-electron chi connectivity index (χ2n) is 4.28. The summed E-state index contributed by atoms with van der Waals surface area (Å²) in [6, 6.07) is -1.21. The van der Waals surface area contributed by atoms with Crippen LogP contribution in [0.25, 0.3) is 0 Å². The highest BCUT2D eigenvalue weighted by atomic mass is 32.2. The van der Waals surface area contributed by atoms with Crippen LogP contribution in [0.5, 0.6) is 0 Å². The summed E-state index contributed by atoms with van der Waals surface area (Å²) in [5.74, 6) is -0.686. The van der Waals surface area contributed by atoms with Crippen LogP contribution < -0.4 is 0 Å². The first-order valence-electron chi connectivity index (χ1n) is 5.66. The molecular formula is C10H15N3O5S. The summed E-state index contributed by atoms with van der Waals surface area (Å²) < 4.78 is 32.3. The van der Waals surface area contributed by atoms with Crippen molar-refractivity contribution in [2.75, 3.05) is 19.8 Å². The third-order valence-electron chi connectivity index (χ3n) is 3.02. The molecule has 8 nitrogen and oxygen atoms in total. The van der Waals surface area contributed by atoms with Crippen LogP contribution in [0, 0.1) is 6.92 Å². The maximum atomic E-state index is 12.4. The van der Waals surface area contributed by atoms with Crippen molar-refractivity contribution in [2.45, 2.75) is 18.0 Å². The van der Waals surface area contributed by atoms with E-state index in [0.717, 1.165) is 4.31 Å². The Balaban J connectivity index is 2.39. The zero-order valence-electron chi connectivity index (χ0n) is 10.6. The van der Waals surface area contributed by atoms with Crippen LogP contribution in [0.4, 0.5) is 0 Å². The number of carboxylic acids is 1. The van der Waals surface area contributed by atoms with E-state index >= 15 is 0 Å². The van der Waals surface area contributed by atoms with E-state index < -0.39 is 22.0 Å². The van der Waals surface area contributed by atoms with E-state index in [2.05, 4.69) is 4.98 Å². The molecule has 1 N–H and O–H groups in total. The third-order valence-corrected chi connectivity index (χ3v) is 4.80. The molecule has 1 aromatic heterocycles. The molecule has 0 aromatic carbocycles. The van der Waals surface area contributed by atoms with Crippen LogP contribution in [-0.2, 0) is 26.6 Å². The van der Waals surface area contributed by atoms with Gasteiger partial charge in [-0.05, 0) is 6.92 Å². The van der Waals surface area contributed by atoms with Gasteiger partial charge in [-0.2, -0.15) is 4.31 Å². The smallest absolute Gasteiger partial charge is 0.324 e. The first kappa shape index (κ1) is 14.0. The lowest BCUT2D eigenvalue weighted by molar-refractivity contribution is -0.146. The first-order valence-corrected chi connectivity index (χ1v) is 7.10. The summed E-state index contributed by atoms with van der Waals surface area (Å²) in [4.78, 5) is 15.1. The van der Waals surface area contributed by atoms with Crippen LogP contribution in [0.3, 0.4) is 0 Å². The van der Waals surface area contributed by atoms with Crippen molar-refractivity contribution < 1.29 is 23.1 Å². The van der Waals surface area contributed by atoms with Crippen molar-refractivity contribution in [3.63, 3.8) is 0 Å². The Bertz CT molecular complexity index is 575. The van der Waals surface area contributed by atoms with Crippen molar-refractivity contribution in [2.24, 2.45) is 7.05 Å². The van der Waals surface area contributed by atoms with E-state index in [1.807, 2.05) is 0 Å². The quantitative estimate of drug-likeness (QED) is 0.782. The molecule has 1 aliphatic rings. The van der Waals surface area contributed by atoms with Gasteiger partial charge in [0.15, 0.2) is 5.03 Å². The molecule has 1 fully saturated rings. The highest BCUT2D eigenvalue weighted by Crippen LogP contribution is 2.20. The van der Waals surface area contributed by atoms with Gasteiger partial charge in [0.2, 0.25) is 0 Å². The number of sulfonamides is 1. The number of carbonyl (C=O) groups is 1. The van der Waals surface area contributed by atoms with E-state index in [9.17, 15) is 13.2 Å². The summed E-state index contributed by atoms with van der Waals surface area (Å²) in [6.45, 7) is 1.71. The van der Waals surface area contributed by atoms with E-state index in [1.165, 1.54) is 6.20 Å². The second kappa shape index (κ2) is 4.91. The molecule has 106 valence electrons. The van der Waals surface area contributed by atoms with E-state index in [4.69, 9.17) is 9.84 Å². The van der Waals surface area contributed by atoms with Crippen LogP contribution in [0.15, 0.2) is 11.2 Å². The molecule has 1 aromatic rings. The molecule has 1 aliphatic heterocycles. The number of nitrogens with zero attached hydrogens (tertiary/aromatic N) is 3. The fourth-order valence-electron chi connectivity index (χ4n) is 1.84. The van der Waals surface area contributed by atoms with E-state index in [0.29, 0.717) is 5.82 Å². The lowest BCUT2D eigenvalue weighted by atomic mass is 10.3. The van der Waals surface area contributed by atoms with Gasteiger partial charge < -0.3 is 14.4 Å². The standard InChI is InChI=1S/C10H15N3O5S/c1-7-11-9(5-12(7)2)19(16,17)13-3-4-18-6-8(13)10(14)15/h5,8H,3-4,6H2,1-2H3,(H,14,15). The normalized spacial score (nSPS) is 21.5. The molecule has 0 spiro atoms. The van der Waals surface area contributed by atoms with Gasteiger partial charge in [-0.1, -0.05) is 0 Å². The molecule has 1 saturated heterocycles. The lowest BCUT2D eigenvalue weighted by Gasteiger charge is -2.31. The number of morpholine rings is 1. The molecule has 0 bridgehead atoms. The van der Waals surface area contributed by atoms with E-state index in [1.54, 1.807) is 18.5 Å². The fraction of sp³-hybridized carbons (Fsp3) is 0.600. The monoisotopic (exact) mass is 289 g/mol. The molecule has 2 heterocycles. The summed E-state index contributed by atoms with van der Waals surface area (Å²) in [5, 5.41) is 8.93. The van der Waals surface area contributed by atoms with Crippen molar-refractivity contribution in [1.82, 2.24) is 13.9 Å². The number of aliphatic carboxylic acids is 1.